The van der Waals surface area contributed by atoms with Crippen molar-refractivity contribution in [3.8, 4) is 0 Å². The van der Waals surface area contributed by atoms with Crippen molar-refractivity contribution in [1.29, 1.82) is 0 Å². The van der Waals surface area contributed by atoms with Gasteiger partial charge in [0.15, 0.2) is 5.69 Å². The normalized spacial score (nSPS) is 20.5. The van der Waals surface area contributed by atoms with Crippen LogP contribution >= 0.6 is 0 Å². The lowest BCUT2D eigenvalue weighted by Gasteiger charge is -2.25. The molecule has 0 amide bonds. The van der Waals surface area contributed by atoms with Gasteiger partial charge in [-0.3, -0.25) is 0 Å². The van der Waals surface area contributed by atoms with Crippen molar-refractivity contribution in [2.45, 2.75) is 58.1 Å². The molecule has 106 valence electrons. The summed E-state index contributed by atoms with van der Waals surface area (Å²) in [6, 6.07) is 0. The van der Waals surface area contributed by atoms with Crippen molar-refractivity contribution in [1.82, 2.24) is 15.0 Å². The Morgan fingerprint density at radius 2 is 2.21 bits per heavy atom. The number of carbonyl (C=O) groups is 1. The first-order valence-electron chi connectivity index (χ1n) is 6.68. The van der Waals surface area contributed by atoms with Crippen molar-refractivity contribution >= 4 is 5.97 Å². The second-order valence-electron chi connectivity index (χ2n) is 6.01. The summed E-state index contributed by atoms with van der Waals surface area (Å²) in [7, 11) is 0. The maximum atomic E-state index is 11.2. The molecule has 1 fully saturated rings. The molecule has 0 aliphatic carbocycles. The minimum atomic E-state index is -1.03. The van der Waals surface area contributed by atoms with Gasteiger partial charge < -0.3 is 9.84 Å². The van der Waals surface area contributed by atoms with E-state index in [-0.39, 0.29) is 17.2 Å². The smallest absolute Gasteiger partial charge is 0.358 e. The molecule has 1 aromatic rings. The minimum Gasteiger partial charge on any atom is -0.476 e. The molecule has 0 saturated carbocycles. The number of hydrogen-bond donors (Lipinski definition) is 1. The summed E-state index contributed by atoms with van der Waals surface area (Å²) < 4.78 is 7.38. The zero-order chi connectivity index (χ0) is 14.0. The van der Waals surface area contributed by atoms with E-state index in [1.54, 1.807) is 4.68 Å². The van der Waals surface area contributed by atoms with Gasteiger partial charge in [0.1, 0.15) is 0 Å². The van der Waals surface area contributed by atoms with E-state index in [9.17, 15) is 9.90 Å². The van der Waals surface area contributed by atoms with Crippen molar-refractivity contribution < 1.29 is 14.6 Å². The van der Waals surface area contributed by atoms with Gasteiger partial charge in [0.2, 0.25) is 0 Å². The molecule has 1 aliphatic heterocycles. The third-order valence-electron chi connectivity index (χ3n) is 3.30. The van der Waals surface area contributed by atoms with Gasteiger partial charge in [0.05, 0.1) is 18.3 Å². The summed E-state index contributed by atoms with van der Waals surface area (Å²) in [5, 5.41) is 17.0. The van der Waals surface area contributed by atoms with Crippen molar-refractivity contribution in [3.05, 3.63) is 11.4 Å². The van der Waals surface area contributed by atoms with Crippen LogP contribution in [0.25, 0.3) is 0 Å². The van der Waals surface area contributed by atoms with Gasteiger partial charge in [-0.25, -0.2) is 9.48 Å². The van der Waals surface area contributed by atoms with Gasteiger partial charge in [0, 0.05) is 12.0 Å². The topological polar surface area (TPSA) is 77.2 Å². The lowest BCUT2D eigenvalue weighted by Crippen LogP contribution is -2.29. The van der Waals surface area contributed by atoms with Crippen LogP contribution in [0.15, 0.2) is 0 Å². The van der Waals surface area contributed by atoms with Crippen LogP contribution in [0.1, 0.15) is 56.2 Å². The number of hydrogen-bond acceptors (Lipinski definition) is 4. The maximum Gasteiger partial charge on any atom is 0.358 e. The highest BCUT2D eigenvalue weighted by atomic mass is 16.5. The Balaban J connectivity index is 2.27. The van der Waals surface area contributed by atoms with Gasteiger partial charge in [-0.2, -0.15) is 0 Å². The average molecular weight is 267 g/mol. The Morgan fingerprint density at radius 1 is 1.47 bits per heavy atom. The van der Waals surface area contributed by atoms with E-state index >= 15 is 0 Å². The summed E-state index contributed by atoms with van der Waals surface area (Å²) in [6.07, 6.45) is 3.35. The lowest BCUT2D eigenvalue weighted by atomic mass is 9.90. The van der Waals surface area contributed by atoms with Crippen LogP contribution < -0.4 is 0 Å². The van der Waals surface area contributed by atoms with E-state index in [1.807, 2.05) is 20.8 Å². The Bertz CT molecular complexity index is 456. The van der Waals surface area contributed by atoms with E-state index in [0.29, 0.717) is 12.2 Å². The molecule has 1 atom stereocenters. The molecule has 6 nitrogen and oxygen atoms in total. The minimum absolute atomic E-state index is 0.0447. The third-order valence-corrected chi connectivity index (χ3v) is 3.30. The number of rotatable bonds is 3. The van der Waals surface area contributed by atoms with E-state index in [2.05, 4.69) is 10.3 Å². The molecule has 1 unspecified atom stereocenters. The monoisotopic (exact) mass is 267 g/mol. The Morgan fingerprint density at radius 3 is 2.74 bits per heavy atom. The van der Waals surface area contributed by atoms with Crippen molar-refractivity contribution in [3.63, 3.8) is 0 Å². The number of ether oxygens (including phenoxy) is 1. The molecule has 0 radical (unpaired) electrons. The van der Waals surface area contributed by atoms with E-state index in [4.69, 9.17) is 4.74 Å². The highest BCUT2D eigenvalue weighted by Crippen LogP contribution is 2.26. The first-order chi connectivity index (χ1) is 8.89. The molecule has 2 rings (SSSR count). The molecule has 0 spiro atoms. The molecular weight excluding hydrogens is 246 g/mol. The number of aromatic nitrogens is 3. The van der Waals surface area contributed by atoms with Gasteiger partial charge in [-0.05, 0) is 19.3 Å². The molecule has 0 bridgehead atoms. The highest BCUT2D eigenvalue weighted by molar-refractivity contribution is 5.86. The summed E-state index contributed by atoms with van der Waals surface area (Å²) in [5.41, 5.74) is 0.392. The quantitative estimate of drug-likeness (QED) is 0.904. The van der Waals surface area contributed by atoms with Crippen LogP contribution in [-0.2, 0) is 16.7 Å². The molecule has 0 aromatic carbocycles. The zero-order valence-electron chi connectivity index (χ0n) is 11.7. The Hall–Kier alpha value is -1.43. The van der Waals surface area contributed by atoms with Crippen LogP contribution in [0.3, 0.4) is 0 Å². The van der Waals surface area contributed by atoms with Crippen molar-refractivity contribution in [2.75, 3.05) is 6.61 Å². The van der Waals surface area contributed by atoms with Crippen LogP contribution in [0, 0.1) is 0 Å². The molecule has 1 saturated heterocycles. The molecular formula is C13H21N3O3. The fraction of sp³-hybridized carbons (Fsp3) is 0.769. The predicted octanol–water partition coefficient (Wildman–Crippen LogP) is 1.84. The SMILES string of the molecule is CC(C)(C)c1c(C(=O)O)nnn1CC1CCCCO1. The molecule has 1 aromatic heterocycles. The average Bonchev–Trinajstić information content (AvgIpc) is 2.74. The van der Waals surface area contributed by atoms with Crippen LogP contribution in [0.5, 0.6) is 0 Å². The molecule has 1 N–H and O–H groups in total. The summed E-state index contributed by atoms with van der Waals surface area (Å²) in [5.74, 6) is -1.03. The summed E-state index contributed by atoms with van der Waals surface area (Å²) in [6.45, 7) is 7.26. The second kappa shape index (κ2) is 5.28. The summed E-state index contributed by atoms with van der Waals surface area (Å²) in [4.78, 5) is 11.2. The largest absolute Gasteiger partial charge is 0.476 e. The van der Waals surface area contributed by atoms with Gasteiger partial charge >= 0.3 is 5.97 Å². The number of aromatic carboxylic acids is 1. The van der Waals surface area contributed by atoms with E-state index in [0.717, 1.165) is 25.9 Å². The Labute approximate surface area is 112 Å². The zero-order valence-corrected chi connectivity index (χ0v) is 11.7. The fourth-order valence-electron chi connectivity index (χ4n) is 2.47. The number of carboxylic acid groups (broad SMARTS) is 1. The maximum absolute atomic E-state index is 11.2. The molecule has 19 heavy (non-hydrogen) atoms. The van der Waals surface area contributed by atoms with Crippen LogP contribution in [-0.4, -0.2) is 38.8 Å². The first kappa shape index (κ1) is 14.0. The van der Waals surface area contributed by atoms with E-state index < -0.39 is 5.97 Å². The third kappa shape index (κ3) is 3.12. The van der Waals surface area contributed by atoms with Gasteiger partial charge in [-0.15, -0.1) is 5.10 Å². The van der Waals surface area contributed by atoms with Gasteiger partial charge in [0.25, 0.3) is 0 Å². The number of nitrogens with zero attached hydrogens (tertiary/aromatic N) is 3. The standard InChI is InChI=1S/C13H21N3O3/c1-13(2,3)11-10(12(17)18)14-15-16(11)8-9-6-4-5-7-19-9/h9H,4-8H2,1-3H3,(H,17,18). The van der Waals surface area contributed by atoms with Crippen LogP contribution in [0.4, 0.5) is 0 Å². The lowest BCUT2D eigenvalue weighted by molar-refractivity contribution is 0.00281. The second-order valence-corrected chi connectivity index (χ2v) is 6.01. The van der Waals surface area contributed by atoms with Gasteiger partial charge in [-0.1, -0.05) is 26.0 Å². The predicted molar refractivity (Wildman–Crippen MR) is 69.3 cm³/mol. The fourth-order valence-corrected chi connectivity index (χ4v) is 2.47. The summed E-state index contributed by atoms with van der Waals surface area (Å²) >= 11 is 0. The van der Waals surface area contributed by atoms with Crippen LogP contribution in [0.2, 0.25) is 0 Å². The van der Waals surface area contributed by atoms with E-state index in [1.165, 1.54) is 0 Å². The molecule has 6 heteroatoms. The first-order valence-corrected chi connectivity index (χ1v) is 6.68. The molecule has 1 aliphatic rings. The Kier molecular flexibility index (Phi) is 3.89. The highest BCUT2D eigenvalue weighted by Gasteiger charge is 2.30. The molecule has 2 heterocycles. The number of carboxylic acids is 1. The van der Waals surface area contributed by atoms with Crippen molar-refractivity contribution in [2.24, 2.45) is 0 Å².